The molecular weight excluding hydrogens is 1060 g/mol. The van der Waals surface area contributed by atoms with E-state index in [0.717, 1.165) is 30.4 Å². The van der Waals surface area contributed by atoms with Gasteiger partial charge in [-0.05, 0) is 80.8 Å². The van der Waals surface area contributed by atoms with Crippen LogP contribution in [0.5, 0.6) is 0 Å². The van der Waals surface area contributed by atoms with Gasteiger partial charge in [-0.15, -0.1) is 0 Å². The Hall–Kier alpha value is -1.77. The van der Waals surface area contributed by atoms with Gasteiger partial charge in [0.05, 0.1) is 123 Å². The van der Waals surface area contributed by atoms with E-state index in [1.54, 1.807) is 0 Å². The monoisotopic (exact) mass is 1150 g/mol. The molecule has 17 fully saturated rings. The summed E-state index contributed by atoms with van der Waals surface area (Å²) in [6.07, 6.45) is -0.316. The van der Waals surface area contributed by atoms with Crippen LogP contribution in [0, 0.1) is 23.7 Å². The van der Waals surface area contributed by atoms with E-state index in [1.165, 1.54) is 0 Å². The Morgan fingerprint density at radius 3 is 2.06 bits per heavy atom. The van der Waals surface area contributed by atoms with Gasteiger partial charge in [0.25, 0.3) is 0 Å². The molecule has 17 aliphatic rings. The van der Waals surface area contributed by atoms with E-state index in [4.69, 9.17) is 75.8 Å². The zero-order valence-electron chi connectivity index (χ0n) is 48.2. The molecule has 12 bridgehead atoms. The molecule has 0 radical (unpaired) electrons. The van der Waals surface area contributed by atoms with Gasteiger partial charge in [-0.25, -0.2) is 0 Å². The second-order valence-corrected chi connectivity index (χ2v) is 28.8. The number of carbonyl (C=O) groups excluding carboxylic acids is 1. The summed E-state index contributed by atoms with van der Waals surface area (Å²) in [4.78, 5) is 14.6. The zero-order chi connectivity index (χ0) is 56.1. The molecule has 3 N–H and O–H groups in total. The molecule has 17 aliphatic heterocycles. The average molecular weight is 1150 g/mol. The first kappa shape index (κ1) is 55.5. The Kier molecular flexibility index (Phi) is 13.6. The van der Waals surface area contributed by atoms with Crippen LogP contribution in [0.15, 0.2) is 24.3 Å². The van der Waals surface area contributed by atoms with E-state index >= 15 is 0 Å². The third kappa shape index (κ3) is 8.88. The van der Waals surface area contributed by atoms with Gasteiger partial charge in [-0.2, -0.15) is 0 Å². The third-order valence-electron chi connectivity index (χ3n) is 23.2. The molecule has 3 spiro atoms. The maximum Gasteiger partial charge on any atom is 0.308 e. The Labute approximate surface area is 480 Å². The fourth-order valence-electron chi connectivity index (χ4n) is 19.2. The summed E-state index contributed by atoms with van der Waals surface area (Å²) in [5.74, 6) is -3.28. The van der Waals surface area contributed by atoms with Gasteiger partial charge in [-0.3, -0.25) is 4.79 Å². The molecule has 34 atom stereocenters. The van der Waals surface area contributed by atoms with E-state index in [9.17, 15) is 20.1 Å². The van der Waals surface area contributed by atoms with E-state index < -0.39 is 96.2 Å². The highest BCUT2D eigenvalue weighted by atomic mass is 16.8. The molecule has 20 heteroatoms. The van der Waals surface area contributed by atoms with Crippen molar-refractivity contribution < 1.29 is 95.9 Å². The number of aliphatic hydroxyl groups is 3. The minimum absolute atomic E-state index is 0.0178. The molecule has 82 heavy (non-hydrogen) atoms. The van der Waals surface area contributed by atoms with Crippen LogP contribution in [-0.2, 0) is 80.6 Å². The first-order valence-electron chi connectivity index (χ1n) is 31.9. The fraction of sp³-hybridized carbons (Fsp3) is 0.919. The van der Waals surface area contributed by atoms with Gasteiger partial charge < -0.3 is 91.1 Å². The van der Waals surface area contributed by atoms with Crippen LogP contribution < -0.4 is 0 Å². The number of carbonyl (C=O) groups is 1. The highest BCUT2D eigenvalue weighted by Gasteiger charge is 2.77. The second-order valence-electron chi connectivity index (χ2n) is 28.8. The summed E-state index contributed by atoms with van der Waals surface area (Å²) >= 11 is 0. The molecule has 0 aromatic carbocycles. The summed E-state index contributed by atoms with van der Waals surface area (Å²) in [5, 5.41) is 32.2. The molecule has 0 aliphatic carbocycles. The molecule has 1 unspecified atom stereocenters. The molecule has 0 amide bonds. The van der Waals surface area contributed by atoms with Gasteiger partial charge in [0, 0.05) is 63.7 Å². The Balaban J connectivity index is 0.633. The summed E-state index contributed by atoms with van der Waals surface area (Å²) in [7, 11) is 0. The highest BCUT2D eigenvalue weighted by Crippen LogP contribution is 2.60. The standard InChI is InChI=1S/C62H88O20/c1-26-14-32-8-10-36-27(2)15-34(67-36)12-13-62-58(66)59(7)57(82-62)56-55(79-59)54(81-62)53-37(72-56)11-9-33(69-53)16-48(65)75-52-31(6)51-44(71-43(52)17-38(68-32)30(26)5)20-42-46(74-51)23-61(76-42)24-47-50(80-61)29(4)22-60(78-47)21-28(3)49-45(77-60)19-40-41(73-49)18-39(70-40)35(64)25-63/h26,28-29,31-47,49-58,63-64,66H,2,5,8-25H2,1,3-4,6-7H3/t26-,28+,29+,31+,32+,33-,34+,35+,36+,37+,38-,39+,40-,41-,42-,43+,44+,45+,46-,47+,49+,50+,51+,52-,53+,54+,55+,56-,57?,58-,59+,60-,61+,62-/m1/s1. The van der Waals surface area contributed by atoms with Crippen LogP contribution in [0.1, 0.15) is 144 Å². The van der Waals surface area contributed by atoms with E-state index in [0.29, 0.717) is 83.5 Å². The topological polar surface area (TPSA) is 225 Å². The predicted octanol–water partition coefficient (Wildman–Crippen LogP) is 4.69. The minimum Gasteiger partial charge on any atom is -0.459 e. The number of esters is 1. The number of fused-ring (bicyclic) bond motifs is 11. The van der Waals surface area contributed by atoms with Crippen molar-refractivity contribution in [1.29, 1.82) is 0 Å². The van der Waals surface area contributed by atoms with Crippen molar-refractivity contribution in [3.63, 3.8) is 0 Å². The first-order valence-corrected chi connectivity index (χ1v) is 31.9. The number of ether oxygens (including phenoxy) is 16. The molecule has 0 aromatic heterocycles. The zero-order valence-corrected chi connectivity index (χ0v) is 48.2. The van der Waals surface area contributed by atoms with Crippen molar-refractivity contribution in [1.82, 2.24) is 0 Å². The number of aliphatic hydroxyl groups excluding tert-OH is 3. The summed E-state index contributed by atoms with van der Waals surface area (Å²) in [6.45, 7) is 19.4. The molecular formula is C62H88O20. The lowest BCUT2D eigenvalue weighted by molar-refractivity contribution is -0.369. The molecule has 17 heterocycles. The third-order valence-corrected chi connectivity index (χ3v) is 23.2. The van der Waals surface area contributed by atoms with E-state index in [-0.39, 0.29) is 128 Å². The summed E-state index contributed by atoms with van der Waals surface area (Å²) < 4.78 is 110. The smallest absolute Gasteiger partial charge is 0.308 e. The molecule has 0 aromatic rings. The van der Waals surface area contributed by atoms with E-state index in [2.05, 4.69) is 40.9 Å². The molecule has 456 valence electrons. The SMILES string of the molecule is C=C1C[C@@H]2CC[C@]34OC5[C@@H]6O[C@H]7CC[C@H](CC(=O)O[C@@H]8[C@@H](C)[C@@H]9O[C@@H]%10C[C@]%11(C[C@@H]%12O[C@]%13(C[C@H](C)[C@@H]%14O[C@@H]%15C[C@@H]([C@@H](O)CO)O[C@@H]%15C[C@@H]%14O%13)C[C@H](C)[C@@H]%12O%11)O[C@@H]%10C[C@@H]9O[C@H]8C[C@H]8O[C@@H](CC[C@@H]1O2)C[C@@H](C)C8=C)O[C@@H]7[C@H](O3)[C@@H]6O[C@]5(C)[C@H]4O. The van der Waals surface area contributed by atoms with E-state index in [1.807, 2.05) is 6.92 Å². The van der Waals surface area contributed by atoms with Crippen molar-refractivity contribution >= 4 is 5.97 Å². The maximum atomic E-state index is 14.6. The quantitative estimate of drug-likeness (QED) is 0.252. The predicted molar refractivity (Wildman–Crippen MR) is 282 cm³/mol. The highest BCUT2D eigenvalue weighted by molar-refractivity contribution is 5.70. The lowest BCUT2D eigenvalue weighted by atomic mass is 9.78. The average Bonchev–Trinajstić information content (AvgIpc) is 2.05. The second kappa shape index (κ2) is 20.1. The first-order chi connectivity index (χ1) is 39.3. The number of hydrogen-bond acceptors (Lipinski definition) is 20. The fourth-order valence-corrected chi connectivity index (χ4v) is 19.2. The minimum atomic E-state index is -1.35. The van der Waals surface area contributed by atoms with Crippen molar-refractivity contribution in [3.05, 3.63) is 24.3 Å². The number of hydrogen-bond donors (Lipinski definition) is 3. The van der Waals surface area contributed by atoms with Gasteiger partial charge in [0.15, 0.2) is 17.4 Å². The van der Waals surface area contributed by atoms with Crippen LogP contribution >= 0.6 is 0 Å². The van der Waals surface area contributed by atoms with Crippen molar-refractivity contribution in [2.45, 2.75) is 325 Å². The lowest BCUT2D eigenvalue weighted by Gasteiger charge is -2.54. The van der Waals surface area contributed by atoms with Gasteiger partial charge >= 0.3 is 5.97 Å². The Morgan fingerprint density at radius 1 is 0.537 bits per heavy atom. The van der Waals surface area contributed by atoms with Crippen LogP contribution in [-0.4, -0.2) is 210 Å². The van der Waals surface area contributed by atoms with Gasteiger partial charge in [0.1, 0.15) is 54.4 Å². The normalized spacial score (nSPS) is 59.6. The van der Waals surface area contributed by atoms with Crippen molar-refractivity contribution in [2.75, 3.05) is 6.61 Å². The molecule has 17 saturated heterocycles. The van der Waals surface area contributed by atoms with Crippen molar-refractivity contribution in [3.8, 4) is 0 Å². The molecule has 20 nitrogen and oxygen atoms in total. The Bertz CT molecular complexity index is 2500. The molecule has 17 rings (SSSR count). The summed E-state index contributed by atoms with van der Waals surface area (Å²) in [5.41, 5.74) is 1.04. The van der Waals surface area contributed by atoms with Crippen LogP contribution in [0.2, 0.25) is 0 Å². The maximum absolute atomic E-state index is 14.6. The van der Waals surface area contributed by atoms with Gasteiger partial charge in [0.2, 0.25) is 0 Å². The largest absolute Gasteiger partial charge is 0.459 e. The van der Waals surface area contributed by atoms with Crippen LogP contribution in [0.4, 0.5) is 0 Å². The van der Waals surface area contributed by atoms with Gasteiger partial charge in [-0.1, -0.05) is 40.9 Å². The van der Waals surface area contributed by atoms with Crippen LogP contribution in [0.3, 0.4) is 0 Å². The lowest BCUT2D eigenvalue weighted by Crippen LogP contribution is -2.63. The Morgan fingerprint density at radius 2 is 1.22 bits per heavy atom. The van der Waals surface area contributed by atoms with Crippen molar-refractivity contribution in [2.24, 2.45) is 23.7 Å². The van der Waals surface area contributed by atoms with Crippen LogP contribution in [0.25, 0.3) is 0 Å². The summed E-state index contributed by atoms with van der Waals surface area (Å²) in [6, 6.07) is 0. The molecule has 0 saturated carbocycles. The number of rotatable bonds is 2.